The van der Waals surface area contributed by atoms with Gasteiger partial charge in [0, 0.05) is 13.1 Å². The van der Waals surface area contributed by atoms with Crippen LogP contribution in [0, 0.1) is 0 Å². The summed E-state index contributed by atoms with van der Waals surface area (Å²) >= 11 is 0. The van der Waals surface area contributed by atoms with E-state index in [9.17, 15) is 18.0 Å². The van der Waals surface area contributed by atoms with Gasteiger partial charge in [0.25, 0.3) is 0 Å². The van der Waals surface area contributed by atoms with Gasteiger partial charge in [-0.3, -0.25) is 4.79 Å². The minimum absolute atomic E-state index is 0.284. The largest absolute Gasteiger partial charge is 0.497 e. The maximum atomic E-state index is 12.7. The number of rotatable bonds is 7. The molecule has 0 saturated carbocycles. The summed E-state index contributed by atoms with van der Waals surface area (Å²) in [4.78, 5) is 13.5. The Morgan fingerprint density at radius 1 is 1.11 bits per heavy atom. The van der Waals surface area contributed by atoms with E-state index in [1.807, 2.05) is 0 Å². The van der Waals surface area contributed by atoms with Gasteiger partial charge in [-0.05, 0) is 48.0 Å². The number of benzene rings is 2. The fraction of sp³-hybridized carbons (Fsp3) is 0.250. The van der Waals surface area contributed by atoms with Crippen LogP contribution in [0.3, 0.4) is 0 Å². The zero-order valence-electron chi connectivity index (χ0n) is 15.0. The molecule has 0 radical (unpaired) electrons. The van der Waals surface area contributed by atoms with E-state index < -0.39 is 11.7 Å². The first kappa shape index (κ1) is 20.4. The van der Waals surface area contributed by atoms with Crippen LogP contribution in [0.1, 0.15) is 11.1 Å². The third-order valence-electron chi connectivity index (χ3n) is 3.76. The number of hydrogen-bond donors (Lipinski definition) is 0. The van der Waals surface area contributed by atoms with E-state index >= 15 is 0 Å². The van der Waals surface area contributed by atoms with Crippen molar-refractivity contribution in [1.29, 1.82) is 0 Å². The van der Waals surface area contributed by atoms with E-state index in [-0.39, 0.29) is 12.5 Å². The summed E-state index contributed by atoms with van der Waals surface area (Å²) in [6.45, 7) is 0.615. The Balaban J connectivity index is 1.85. The van der Waals surface area contributed by atoms with Crippen LogP contribution >= 0.6 is 0 Å². The van der Waals surface area contributed by atoms with Crippen molar-refractivity contribution in [2.75, 3.05) is 27.3 Å². The third kappa shape index (κ3) is 6.36. The molecule has 0 aliphatic heterocycles. The SMILES string of the molecule is COc1ccc(OCCN(C)C(=O)/C=C/c2cccc(C(F)(F)F)c2)cc1. The van der Waals surface area contributed by atoms with Gasteiger partial charge in [-0.15, -0.1) is 0 Å². The van der Waals surface area contributed by atoms with Gasteiger partial charge in [0.05, 0.1) is 19.2 Å². The third-order valence-corrected chi connectivity index (χ3v) is 3.76. The Morgan fingerprint density at radius 2 is 1.78 bits per heavy atom. The molecule has 2 rings (SSSR count). The average Bonchev–Trinajstić information content (AvgIpc) is 2.66. The normalized spacial score (nSPS) is 11.4. The van der Waals surface area contributed by atoms with Crippen LogP contribution in [0.2, 0.25) is 0 Å². The summed E-state index contributed by atoms with van der Waals surface area (Å²) in [5.41, 5.74) is -0.445. The van der Waals surface area contributed by atoms with Crippen molar-refractivity contribution in [3.63, 3.8) is 0 Å². The number of carbonyl (C=O) groups is 1. The topological polar surface area (TPSA) is 38.8 Å². The number of likely N-dealkylation sites (N-methyl/N-ethyl adjacent to an activating group) is 1. The van der Waals surface area contributed by atoms with Crippen molar-refractivity contribution in [3.05, 3.63) is 65.7 Å². The summed E-state index contributed by atoms with van der Waals surface area (Å²) in [6.07, 6.45) is -1.81. The molecular formula is C20H20F3NO3. The molecule has 0 saturated heterocycles. The lowest BCUT2D eigenvalue weighted by Gasteiger charge is -2.15. The Labute approximate surface area is 155 Å². The van der Waals surface area contributed by atoms with Gasteiger partial charge >= 0.3 is 6.18 Å². The van der Waals surface area contributed by atoms with Crippen LogP contribution in [-0.2, 0) is 11.0 Å². The molecule has 0 atom stereocenters. The number of hydrogen-bond acceptors (Lipinski definition) is 3. The molecule has 0 bridgehead atoms. The van der Waals surface area contributed by atoms with Gasteiger partial charge in [0.15, 0.2) is 0 Å². The molecule has 2 aromatic rings. The van der Waals surface area contributed by atoms with Crippen LogP contribution in [-0.4, -0.2) is 38.1 Å². The standard InChI is InChI=1S/C20H20F3NO3/c1-24(12-13-27-18-9-7-17(26-2)8-10-18)19(25)11-6-15-4-3-5-16(14-15)20(21,22)23/h3-11,14H,12-13H2,1-2H3/b11-6+. The smallest absolute Gasteiger partial charge is 0.416 e. The number of carbonyl (C=O) groups excluding carboxylic acids is 1. The minimum atomic E-state index is -4.41. The highest BCUT2D eigenvalue weighted by atomic mass is 19.4. The zero-order valence-corrected chi connectivity index (χ0v) is 15.0. The van der Waals surface area contributed by atoms with Crippen LogP contribution in [0.5, 0.6) is 11.5 Å². The van der Waals surface area contributed by atoms with Crippen molar-refractivity contribution in [1.82, 2.24) is 4.90 Å². The van der Waals surface area contributed by atoms with Crippen LogP contribution in [0.4, 0.5) is 13.2 Å². The number of halogens is 3. The highest BCUT2D eigenvalue weighted by molar-refractivity contribution is 5.91. The second-order valence-corrected chi connectivity index (χ2v) is 5.74. The molecular weight excluding hydrogens is 359 g/mol. The molecule has 0 spiro atoms. The molecule has 2 aromatic carbocycles. The fourth-order valence-corrected chi connectivity index (χ4v) is 2.20. The van der Waals surface area contributed by atoms with Gasteiger partial charge < -0.3 is 14.4 Å². The van der Waals surface area contributed by atoms with Crippen LogP contribution < -0.4 is 9.47 Å². The number of nitrogens with zero attached hydrogens (tertiary/aromatic N) is 1. The molecule has 0 unspecified atom stereocenters. The van der Waals surface area contributed by atoms with E-state index in [2.05, 4.69) is 0 Å². The Hall–Kier alpha value is -2.96. The molecule has 1 amide bonds. The maximum absolute atomic E-state index is 12.7. The summed E-state index contributed by atoms with van der Waals surface area (Å²) in [5, 5.41) is 0. The predicted molar refractivity (Wildman–Crippen MR) is 96.6 cm³/mol. The van der Waals surface area contributed by atoms with E-state index in [1.165, 1.54) is 29.2 Å². The molecule has 0 aliphatic carbocycles. The first-order chi connectivity index (χ1) is 12.8. The lowest BCUT2D eigenvalue weighted by atomic mass is 10.1. The molecule has 144 valence electrons. The van der Waals surface area contributed by atoms with Crippen molar-refractivity contribution < 1.29 is 27.4 Å². The molecule has 0 aliphatic rings. The quantitative estimate of drug-likeness (QED) is 0.675. The average molecular weight is 379 g/mol. The van der Waals surface area contributed by atoms with Crippen molar-refractivity contribution in [2.24, 2.45) is 0 Å². The second kappa shape index (κ2) is 9.12. The Kier molecular flexibility index (Phi) is 6.87. The molecule has 4 nitrogen and oxygen atoms in total. The van der Waals surface area contributed by atoms with Crippen molar-refractivity contribution >= 4 is 12.0 Å². The van der Waals surface area contributed by atoms with Crippen LogP contribution in [0.15, 0.2) is 54.6 Å². The number of amides is 1. The number of alkyl halides is 3. The summed E-state index contributed by atoms with van der Waals surface area (Å²) in [7, 11) is 3.17. The minimum Gasteiger partial charge on any atom is -0.497 e. The molecule has 0 aromatic heterocycles. The van der Waals surface area contributed by atoms with E-state index in [0.29, 0.717) is 17.9 Å². The van der Waals surface area contributed by atoms with E-state index in [4.69, 9.17) is 9.47 Å². The molecule has 0 N–H and O–H groups in total. The molecule has 27 heavy (non-hydrogen) atoms. The lowest BCUT2D eigenvalue weighted by molar-refractivity contribution is -0.137. The number of ether oxygens (including phenoxy) is 2. The van der Waals surface area contributed by atoms with Crippen molar-refractivity contribution in [2.45, 2.75) is 6.18 Å². The fourth-order valence-electron chi connectivity index (χ4n) is 2.20. The summed E-state index contributed by atoms with van der Waals surface area (Å²) < 4.78 is 48.7. The lowest BCUT2D eigenvalue weighted by Crippen LogP contribution is -2.29. The van der Waals surface area contributed by atoms with Gasteiger partial charge in [0.2, 0.25) is 5.91 Å². The van der Waals surface area contributed by atoms with Gasteiger partial charge in [-0.25, -0.2) is 0 Å². The highest BCUT2D eigenvalue weighted by Crippen LogP contribution is 2.29. The second-order valence-electron chi connectivity index (χ2n) is 5.74. The predicted octanol–water partition coefficient (Wildman–Crippen LogP) is 4.26. The number of methoxy groups -OCH3 is 1. The first-order valence-electron chi connectivity index (χ1n) is 8.17. The monoisotopic (exact) mass is 379 g/mol. The van der Waals surface area contributed by atoms with E-state index in [1.54, 1.807) is 38.4 Å². The molecule has 7 heteroatoms. The zero-order chi connectivity index (χ0) is 19.9. The first-order valence-corrected chi connectivity index (χ1v) is 8.17. The Morgan fingerprint density at radius 3 is 2.41 bits per heavy atom. The van der Waals surface area contributed by atoms with Crippen molar-refractivity contribution in [3.8, 4) is 11.5 Å². The van der Waals surface area contributed by atoms with Crippen LogP contribution in [0.25, 0.3) is 6.08 Å². The van der Waals surface area contributed by atoms with Gasteiger partial charge in [-0.2, -0.15) is 13.2 Å². The summed E-state index contributed by atoms with van der Waals surface area (Å²) in [6, 6.07) is 11.8. The maximum Gasteiger partial charge on any atom is 0.416 e. The van der Waals surface area contributed by atoms with Gasteiger partial charge in [-0.1, -0.05) is 12.1 Å². The Bertz CT molecular complexity index is 786. The summed E-state index contributed by atoms with van der Waals surface area (Å²) in [5.74, 6) is 1.04. The van der Waals surface area contributed by atoms with E-state index in [0.717, 1.165) is 17.9 Å². The van der Waals surface area contributed by atoms with Gasteiger partial charge in [0.1, 0.15) is 18.1 Å². The molecule has 0 heterocycles. The highest BCUT2D eigenvalue weighted by Gasteiger charge is 2.30. The molecule has 0 fully saturated rings.